The van der Waals surface area contributed by atoms with E-state index in [1.807, 2.05) is 52.6 Å². The molecule has 0 radical (unpaired) electrons. The molecule has 38 heavy (non-hydrogen) atoms. The summed E-state index contributed by atoms with van der Waals surface area (Å²) in [5.74, 6) is 1.15. The Kier molecular flexibility index (Phi) is 5.22. The molecule has 8 heteroatoms. The van der Waals surface area contributed by atoms with Crippen LogP contribution in [-0.2, 0) is 19.0 Å². The number of nitrogens with two attached hydrogens (primary N) is 1. The van der Waals surface area contributed by atoms with Crippen molar-refractivity contribution in [3.63, 3.8) is 0 Å². The van der Waals surface area contributed by atoms with Crippen molar-refractivity contribution in [1.29, 1.82) is 0 Å². The summed E-state index contributed by atoms with van der Waals surface area (Å²) in [6, 6.07) is 22.0. The molecular weight excluding hydrogens is 498 g/mol. The van der Waals surface area contributed by atoms with Crippen molar-refractivity contribution >= 4 is 22.5 Å². The number of fused-ring (bicyclic) bond motifs is 6. The van der Waals surface area contributed by atoms with E-state index >= 15 is 0 Å². The molecule has 0 spiro atoms. The van der Waals surface area contributed by atoms with Gasteiger partial charge in [-0.1, -0.05) is 48.0 Å². The number of hydrogen-bond donors (Lipinski definition) is 1. The second kappa shape index (κ2) is 8.55. The number of hydrogen-bond acceptors (Lipinski definition) is 5. The molecule has 0 saturated heterocycles. The normalized spacial score (nSPS) is 18.8. The number of aromatic nitrogens is 4. The highest BCUT2D eigenvalue weighted by atomic mass is 35.5. The molecule has 0 amide bonds. The van der Waals surface area contributed by atoms with Crippen LogP contribution in [0.15, 0.2) is 77.9 Å². The summed E-state index contributed by atoms with van der Waals surface area (Å²) in [6.07, 6.45) is 4.36. The molecule has 5 aromatic rings. The summed E-state index contributed by atoms with van der Waals surface area (Å²) in [5, 5.41) is 10.1. The fourth-order valence-electron chi connectivity index (χ4n) is 5.64. The minimum atomic E-state index is -1.16. The zero-order valence-electron chi connectivity index (χ0n) is 20.9. The summed E-state index contributed by atoms with van der Waals surface area (Å²) in [7, 11) is 1.88. The molecule has 7 rings (SSSR count). The summed E-state index contributed by atoms with van der Waals surface area (Å²) in [5.41, 5.74) is 11.7. The largest absolute Gasteiger partial charge is 0.492 e. The van der Waals surface area contributed by atoms with Gasteiger partial charge < -0.3 is 19.6 Å². The highest BCUT2D eigenvalue weighted by Gasteiger charge is 2.38. The average molecular weight is 524 g/mol. The van der Waals surface area contributed by atoms with Crippen LogP contribution in [0.5, 0.6) is 5.75 Å². The van der Waals surface area contributed by atoms with Gasteiger partial charge in [0.15, 0.2) is 5.82 Å². The molecule has 3 aromatic carbocycles. The molecule has 3 heterocycles. The molecule has 2 aliphatic rings. The zero-order valence-corrected chi connectivity index (χ0v) is 21.7. The van der Waals surface area contributed by atoms with Crippen LogP contribution in [0.4, 0.5) is 0 Å². The van der Waals surface area contributed by atoms with Crippen molar-refractivity contribution < 1.29 is 4.74 Å². The summed E-state index contributed by atoms with van der Waals surface area (Å²) >= 11 is 6.55. The van der Waals surface area contributed by atoms with Gasteiger partial charge in [0.2, 0.25) is 0 Å². The van der Waals surface area contributed by atoms with Crippen LogP contribution < -0.4 is 16.0 Å². The maximum atomic E-state index is 13.4. The van der Waals surface area contributed by atoms with Crippen molar-refractivity contribution in [2.24, 2.45) is 12.8 Å². The quantitative estimate of drug-likeness (QED) is 0.353. The molecule has 6 bridgehead atoms. The predicted molar refractivity (Wildman–Crippen MR) is 148 cm³/mol. The van der Waals surface area contributed by atoms with Gasteiger partial charge in [0.1, 0.15) is 17.6 Å². The lowest BCUT2D eigenvalue weighted by atomic mass is 9.81. The van der Waals surface area contributed by atoms with E-state index in [1.165, 1.54) is 0 Å². The van der Waals surface area contributed by atoms with Crippen LogP contribution in [0.3, 0.4) is 0 Å². The Bertz CT molecular complexity index is 1790. The first-order valence-corrected chi connectivity index (χ1v) is 13.2. The van der Waals surface area contributed by atoms with Gasteiger partial charge in [-0.05, 0) is 64.9 Å². The third kappa shape index (κ3) is 3.57. The lowest BCUT2D eigenvalue weighted by Crippen LogP contribution is -2.41. The first kappa shape index (κ1) is 23.2. The first-order valence-electron chi connectivity index (χ1n) is 12.8. The Morgan fingerprint density at radius 2 is 1.87 bits per heavy atom. The number of rotatable bonds is 2. The first-order chi connectivity index (χ1) is 18.4. The summed E-state index contributed by atoms with van der Waals surface area (Å²) in [6.45, 7) is 0.443. The van der Waals surface area contributed by atoms with E-state index < -0.39 is 5.54 Å². The number of aryl methyl sites for hydroxylation is 1. The highest BCUT2D eigenvalue weighted by molar-refractivity contribution is 6.32. The smallest absolute Gasteiger partial charge is 0.251 e. The van der Waals surface area contributed by atoms with Gasteiger partial charge in [0.25, 0.3) is 5.56 Å². The van der Waals surface area contributed by atoms with E-state index in [9.17, 15) is 4.79 Å². The van der Waals surface area contributed by atoms with Crippen LogP contribution in [0, 0.1) is 0 Å². The Morgan fingerprint density at radius 1 is 1.05 bits per heavy atom. The summed E-state index contributed by atoms with van der Waals surface area (Å²) in [4.78, 5) is 13.4. The highest BCUT2D eigenvalue weighted by Crippen LogP contribution is 2.42. The van der Waals surface area contributed by atoms with Crippen molar-refractivity contribution in [3.8, 4) is 16.9 Å². The molecule has 2 N–H and O–H groups in total. The third-order valence-electron chi connectivity index (χ3n) is 7.76. The van der Waals surface area contributed by atoms with E-state index in [0.717, 1.165) is 51.6 Å². The number of pyridine rings is 1. The van der Waals surface area contributed by atoms with Crippen LogP contribution in [-0.4, -0.2) is 25.9 Å². The zero-order chi connectivity index (χ0) is 26.0. The van der Waals surface area contributed by atoms with E-state index in [1.54, 1.807) is 12.4 Å². The fourth-order valence-corrected chi connectivity index (χ4v) is 5.81. The Balaban J connectivity index is 1.60. The molecule has 1 aliphatic heterocycles. The Hall–Kier alpha value is -3.94. The topological polar surface area (TPSA) is 88.0 Å². The van der Waals surface area contributed by atoms with E-state index in [0.29, 0.717) is 29.6 Å². The number of nitrogens with zero attached hydrogens (tertiary/aromatic N) is 4. The fraction of sp³-hybridized carbons (Fsp3) is 0.233. The van der Waals surface area contributed by atoms with Crippen LogP contribution >= 0.6 is 11.6 Å². The van der Waals surface area contributed by atoms with Crippen LogP contribution in [0.2, 0.25) is 5.02 Å². The minimum Gasteiger partial charge on any atom is -0.492 e. The van der Waals surface area contributed by atoms with Gasteiger partial charge in [0, 0.05) is 31.0 Å². The third-order valence-corrected chi connectivity index (χ3v) is 8.07. The molecular formula is C30H26ClN5O2. The average Bonchev–Trinajstić information content (AvgIpc) is 3.66. The second-order valence-electron chi connectivity index (χ2n) is 10.2. The SMILES string of the molecule is Cn1cnnc1[C@]1(N)c2ccc(Cl)c(c2)OCCc2cccc(c2)-c2cc(=O)n(C3CC3)c3ccc1cc23. The lowest BCUT2D eigenvalue weighted by molar-refractivity contribution is 0.321. The number of halogens is 1. The second-order valence-corrected chi connectivity index (χ2v) is 10.7. The van der Waals surface area contributed by atoms with E-state index in [2.05, 4.69) is 34.5 Å². The molecule has 190 valence electrons. The van der Waals surface area contributed by atoms with Gasteiger partial charge in [-0.25, -0.2) is 0 Å². The van der Waals surface area contributed by atoms with Crippen LogP contribution in [0.25, 0.3) is 22.0 Å². The summed E-state index contributed by atoms with van der Waals surface area (Å²) < 4.78 is 9.92. The van der Waals surface area contributed by atoms with E-state index in [4.69, 9.17) is 22.1 Å². The van der Waals surface area contributed by atoms with Gasteiger partial charge >= 0.3 is 0 Å². The standard InChI is InChI=1S/C30H26ClN5O2/c1-35-17-33-34-29(35)30(32)20-6-10-26-24(14-20)23(16-28(37)36(26)22-7-8-22)19-4-2-3-18(13-19)11-12-38-27-15-21(30)5-9-25(27)31/h2-6,9-10,13-17,22H,7-8,11-12,32H2,1H3/t30-/m1/s1. The van der Waals surface area contributed by atoms with Crippen molar-refractivity contribution in [2.75, 3.05) is 6.61 Å². The predicted octanol–water partition coefficient (Wildman–Crippen LogP) is 4.97. The lowest BCUT2D eigenvalue weighted by Gasteiger charge is -2.31. The van der Waals surface area contributed by atoms with Gasteiger partial charge in [-0.15, -0.1) is 10.2 Å². The van der Waals surface area contributed by atoms with Gasteiger partial charge in [-0.2, -0.15) is 0 Å². The van der Waals surface area contributed by atoms with Crippen molar-refractivity contribution in [2.45, 2.75) is 30.8 Å². The van der Waals surface area contributed by atoms with Gasteiger partial charge in [-0.3, -0.25) is 4.79 Å². The molecule has 2 aromatic heterocycles. The molecule has 0 unspecified atom stereocenters. The number of benzene rings is 3. The van der Waals surface area contributed by atoms with Crippen LogP contribution in [0.1, 0.15) is 41.4 Å². The molecule has 7 nitrogen and oxygen atoms in total. The molecule has 1 aliphatic carbocycles. The maximum Gasteiger partial charge on any atom is 0.251 e. The van der Waals surface area contributed by atoms with Crippen molar-refractivity contribution in [1.82, 2.24) is 19.3 Å². The van der Waals surface area contributed by atoms with Gasteiger partial charge in [0.05, 0.1) is 17.1 Å². The number of ether oxygens (including phenoxy) is 1. The van der Waals surface area contributed by atoms with E-state index in [-0.39, 0.29) is 11.6 Å². The Labute approximate surface area is 224 Å². The maximum absolute atomic E-state index is 13.4. The molecule has 1 saturated carbocycles. The minimum absolute atomic E-state index is 0.0206. The molecule has 1 fully saturated rings. The van der Waals surface area contributed by atoms with Crippen molar-refractivity contribution in [3.05, 3.63) is 111 Å². The Morgan fingerprint density at radius 3 is 2.66 bits per heavy atom. The molecule has 1 atom stereocenters. The monoisotopic (exact) mass is 523 g/mol.